The molecule has 0 N–H and O–H groups in total. The predicted molar refractivity (Wildman–Crippen MR) is 60.0 cm³/mol. The minimum Gasteiger partial charge on any atom is -0.252 e. The van der Waals surface area contributed by atoms with Crippen LogP contribution >= 0.6 is 11.6 Å². The van der Waals surface area contributed by atoms with E-state index in [9.17, 15) is 13.2 Å². The lowest BCUT2D eigenvalue weighted by Crippen LogP contribution is -2.33. The SMILES string of the molecule is FC(F)(F)c1cnc(C[n+]2ccccc2)c(Cl)c1. The second kappa shape index (κ2) is 4.94. The molecule has 2 nitrogen and oxygen atoms in total. The fraction of sp³-hybridized carbons (Fsp3) is 0.167. The molecular formula is C12H9ClF3N2+. The Morgan fingerprint density at radius 2 is 1.83 bits per heavy atom. The summed E-state index contributed by atoms with van der Waals surface area (Å²) < 4.78 is 39.0. The van der Waals surface area contributed by atoms with Crippen LogP contribution < -0.4 is 4.57 Å². The summed E-state index contributed by atoms with van der Waals surface area (Å²) in [5.74, 6) is 0. The van der Waals surface area contributed by atoms with Crippen LogP contribution in [0, 0.1) is 0 Å². The highest BCUT2D eigenvalue weighted by molar-refractivity contribution is 6.31. The number of halogens is 4. The van der Waals surface area contributed by atoms with Gasteiger partial charge in [-0.15, -0.1) is 0 Å². The first-order valence-corrected chi connectivity index (χ1v) is 5.50. The lowest BCUT2D eigenvalue weighted by atomic mass is 10.2. The topological polar surface area (TPSA) is 16.8 Å². The van der Waals surface area contributed by atoms with Crippen molar-refractivity contribution in [1.82, 2.24) is 4.98 Å². The molecule has 0 fully saturated rings. The molecule has 2 heterocycles. The second-order valence-electron chi connectivity index (χ2n) is 3.70. The van der Waals surface area contributed by atoms with Crippen molar-refractivity contribution < 1.29 is 17.7 Å². The van der Waals surface area contributed by atoms with E-state index in [0.29, 0.717) is 12.2 Å². The Balaban J connectivity index is 2.26. The summed E-state index contributed by atoms with van der Waals surface area (Å²) in [5.41, 5.74) is -0.435. The van der Waals surface area contributed by atoms with Crippen molar-refractivity contribution in [2.45, 2.75) is 12.7 Å². The van der Waals surface area contributed by atoms with Gasteiger partial charge in [0.05, 0.1) is 10.6 Å². The minimum atomic E-state index is -4.42. The summed E-state index contributed by atoms with van der Waals surface area (Å²) in [5, 5.41) is 0.0150. The number of hydrogen-bond donors (Lipinski definition) is 0. The van der Waals surface area contributed by atoms with Crippen LogP contribution in [0.3, 0.4) is 0 Å². The molecule has 0 aliphatic heterocycles. The molecule has 0 aliphatic rings. The average Bonchev–Trinajstić information content (AvgIpc) is 2.32. The fourth-order valence-corrected chi connectivity index (χ4v) is 1.68. The Morgan fingerprint density at radius 1 is 1.17 bits per heavy atom. The third kappa shape index (κ3) is 2.98. The maximum atomic E-state index is 12.4. The molecule has 2 aromatic heterocycles. The molecule has 0 unspecified atom stereocenters. The van der Waals surface area contributed by atoms with E-state index in [1.807, 2.05) is 18.2 Å². The summed E-state index contributed by atoms with van der Waals surface area (Å²) in [7, 11) is 0. The van der Waals surface area contributed by atoms with Gasteiger partial charge in [-0.25, -0.2) is 0 Å². The Kier molecular flexibility index (Phi) is 3.52. The normalized spacial score (nSPS) is 11.6. The van der Waals surface area contributed by atoms with Crippen LogP contribution in [0.1, 0.15) is 11.3 Å². The Morgan fingerprint density at radius 3 is 2.39 bits per heavy atom. The number of hydrogen-bond acceptors (Lipinski definition) is 1. The molecule has 0 atom stereocenters. The standard InChI is InChI=1S/C12H9ClF3N2/c13-10-6-9(12(14,15)16)7-17-11(10)8-18-4-2-1-3-5-18/h1-7H,8H2/q+1. The quantitative estimate of drug-likeness (QED) is 0.769. The van der Waals surface area contributed by atoms with Gasteiger partial charge in [0.15, 0.2) is 18.9 Å². The molecule has 2 rings (SSSR count). The summed E-state index contributed by atoms with van der Waals surface area (Å²) in [6.45, 7) is 0.331. The molecule has 2 aromatic rings. The summed E-state index contributed by atoms with van der Waals surface area (Å²) in [6.07, 6.45) is -0.0505. The van der Waals surface area contributed by atoms with Crippen LogP contribution in [0.4, 0.5) is 13.2 Å². The van der Waals surface area contributed by atoms with E-state index in [1.165, 1.54) is 0 Å². The number of rotatable bonds is 2. The van der Waals surface area contributed by atoms with Crippen molar-refractivity contribution in [2.24, 2.45) is 0 Å². The molecule has 6 heteroatoms. The first-order chi connectivity index (χ1) is 8.47. The third-order valence-corrected chi connectivity index (χ3v) is 2.68. The van der Waals surface area contributed by atoms with Gasteiger partial charge in [-0.05, 0) is 6.07 Å². The van der Waals surface area contributed by atoms with Crippen LogP contribution in [0.2, 0.25) is 5.02 Å². The molecule has 0 bridgehead atoms. The van der Waals surface area contributed by atoms with Gasteiger partial charge in [0.25, 0.3) is 0 Å². The first-order valence-electron chi connectivity index (χ1n) is 5.12. The third-order valence-electron chi connectivity index (χ3n) is 2.35. The first kappa shape index (κ1) is 12.8. The van der Waals surface area contributed by atoms with E-state index in [1.54, 1.807) is 17.0 Å². The van der Waals surface area contributed by atoms with Gasteiger partial charge < -0.3 is 0 Å². The van der Waals surface area contributed by atoms with Gasteiger partial charge in [0.1, 0.15) is 5.69 Å². The largest absolute Gasteiger partial charge is 0.417 e. The molecule has 0 amide bonds. The highest BCUT2D eigenvalue weighted by Crippen LogP contribution is 2.30. The van der Waals surface area contributed by atoms with E-state index in [2.05, 4.69) is 4.98 Å². The van der Waals surface area contributed by atoms with Gasteiger partial charge in [-0.2, -0.15) is 17.7 Å². The second-order valence-corrected chi connectivity index (χ2v) is 4.11. The number of alkyl halides is 3. The predicted octanol–water partition coefficient (Wildman–Crippen LogP) is 3.09. The van der Waals surface area contributed by atoms with Gasteiger partial charge >= 0.3 is 6.18 Å². The van der Waals surface area contributed by atoms with E-state index < -0.39 is 11.7 Å². The van der Waals surface area contributed by atoms with Crippen LogP contribution in [-0.2, 0) is 12.7 Å². The van der Waals surface area contributed by atoms with E-state index in [0.717, 1.165) is 12.3 Å². The van der Waals surface area contributed by atoms with E-state index in [4.69, 9.17) is 11.6 Å². The van der Waals surface area contributed by atoms with Gasteiger partial charge in [-0.1, -0.05) is 17.7 Å². The van der Waals surface area contributed by atoms with Gasteiger partial charge in [-0.3, -0.25) is 4.98 Å². The monoisotopic (exact) mass is 273 g/mol. The van der Waals surface area contributed by atoms with E-state index in [-0.39, 0.29) is 5.02 Å². The Labute approximate surface area is 107 Å². The van der Waals surface area contributed by atoms with Crippen molar-refractivity contribution in [3.63, 3.8) is 0 Å². The van der Waals surface area contributed by atoms with Crippen molar-refractivity contribution in [2.75, 3.05) is 0 Å². The zero-order valence-corrected chi connectivity index (χ0v) is 9.91. The van der Waals surface area contributed by atoms with Crippen molar-refractivity contribution >= 4 is 11.6 Å². The number of nitrogens with zero attached hydrogens (tertiary/aromatic N) is 2. The molecule has 94 valence electrons. The van der Waals surface area contributed by atoms with Gasteiger partial charge in [0, 0.05) is 18.3 Å². The molecule has 18 heavy (non-hydrogen) atoms. The molecular weight excluding hydrogens is 265 g/mol. The zero-order valence-electron chi connectivity index (χ0n) is 9.15. The van der Waals surface area contributed by atoms with Gasteiger partial charge in [0.2, 0.25) is 0 Å². The minimum absolute atomic E-state index is 0.0150. The summed E-state index contributed by atoms with van der Waals surface area (Å²) in [6, 6.07) is 6.38. The van der Waals surface area contributed by atoms with Crippen molar-refractivity contribution in [1.29, 1.82) is 0 Å². The molecule has 0 aliphatic carbocycles. The fourth-order valence-electron chi connectivity index (χ4n) is 1.45. The number of aromatic nitrogens is 2. The Bertz CT molecular complexity index is 541. The summed E-state index contributed by atoms with van der Waals surface area (Å²) >= 11 is 5.81. The van der Waals surface area contributed by atoms with Crippen LogP contribution in [0.5, 0.6) is 0 Å². The maximum absolute atomic E-state index is 12.4. The Hall–Kier alpha value is -1.62. The van der Waals surface area contributed by atoms with Crippen LogP contribution in [0.25, 0.3) is 0 Å². The van der Waals surface area contributed by atoms with Crippen LogP contribution in [-0.4, -0.2) is 4.98 Å². The molecule has 0 spiro atoms. The lowest BCUT2D eigenvalue weighted by molar-refractivity contribution is -0.688. The zero-order chi connectivity index (χ0) is 13.2. The number of pyridine rings is 2. The highest BCUT2D eigenvalue weighted by Gasteiger charge is 2.31. The maximum Gasteiger partial charge on any atom is 0.417 e. The average molecular weight is 274 g/mol. The lowest BCUT2D eigenvalue weighted by Gasteiger charge is -2.07. The van der Waals surface area contributed by atoms with Crippen LogP contribution in [0.15, 0.2) is 42.9 Å². The molecule has 0 aromatic carbocycles. The summed E-state index contributed by atoms with van der Waals surface area (Å²) in [4.78, 5) is 3.77. The molecule has 0 saturated heterocycles. The highest BCUT2D eigenvalue weighted by atomic mass is 35.5. The van der Waals surface area contributed by atoms with Crippen molar-refractivity contribution in [3.05, 3.63) is 59.1 Å². The molecule has 0 saturated carbocycles. The molecule has 0 radical (unpaired) electrons. The van der Waals surface area contributed by atoms with E-state index >= 15 is 0 Å². The van der Waals surface area contributed by atoms with Crippen molar-refractivity contribution in [3.8, 4) is 0 Å². The smallest absolute Gasteiger partial charge is 0.252 e.